The first kappa shape index (κ1) is 19.2. The van der Waals surface area contributed by atoms with Crippen LogP contribution in [0.25, 0.3) is 10.2 Å². The van der Waals surface area contributed by atoms with E-state index in [2.05, 4.69) is 4.72 Å². The minimum atomic E-state index is -3.74. The fraction of sp³-hybridized carbons (Fsp3) is 0.235. The van der Waals surface area contributed by atoms with Crippen LogP contribution in [0, 0.1) is 3.57 Å². The van der Waals surface area contributed by atoms with Crippen molar-refractivity contribution in [3.05, 3.63) is 49.6 Å². The lowest BCUT2D eigenvalue weighted by Crippen LogP contribution is -2.15. The van der Waals surface area contributed by atoms with Crippen molar-refractivity contribution >= 4 is 59.9 Å². The fourth-order valence-corrected chi connectivity index (χ4v) is 5.69. The summed E-state index contributed by atoms with van der Waals surface area (Å²) in [6.45, 7) is 3.88. The summed E-state index contributed by atoms with van der Waals surface area (Å²) in [6, 6.07) is 9.83. The minimum absolute atomic E-state index is 0.0418. The maximum atomic E-state index is 12.7. The molecule has 2 aromatic carbocycles. The molecule has 1 heterocycles. The molecule has 0 amide bonds. The smallest absolute Gasteiger partial charge is 0.308 e. The Bertz CT molecular complexity index is 1130. The number of ether oxygens (including phenoxy) is 1. The standard InChI is InChI=1S/C17H17IN2O4S2/c1-10(2)20-14-6-4-11(8-16(14)25-17(20)21)19-26(22,23)12-5-7-15(24-3)13(18)9-12/h4-10,19H,1-3H3. The normalized spacial score (nSPS) is 11.9. The van der Waals surface area contributed by atoms with Gasteiger partial charge in [0.25, 0.3) is 10.0 Å². The van der Waals surface area contributed by atoms with Crippen LogP contribution in [0.1, 0.15) is 19.9 Å². The van der Waals surface area contributed by atoms with Crippen LogP contribution >= 0.6 is 33.9 Å². The molecule has 0 aliphatic rings. The van der Waals surface area contributed by atoms with Crippen LogP contribution in [0.3, 0.4) is 0 Å². The number of anilines is 1. The van der Waals surface area contributed by atoms with Crippen molar-refractivity contribution < 1.29 is 13.2 Å². The van der Waals surface area contributed by atoms with E-state index in [0.717, 1.165) is 21.6 Å². The van der Waals surface area contributed by atoms with E-state index in [0.29, 0.717) is 15.0 Å². The lowest BCUT2D eigenvalue weighted by Gasteiger charge is -2.11. The number of aromatic nitrogens is 1. The third kappa shape index (κ3) is 3.60. The summed E-state index contributed by atoms with van der Waals surface area (Å²) in [5, 5.41) is 0. The van der Waals surface area contributed by atoms with Crippen LogP contribution < -0.4 is 14.3 Å². The molecule has 0 radical (unpaired) electrons. The molecule has 1 aromatic heterocycles. The highest BCUT2D eigenvalue weighted by atomic mass is 127. The van der Waals surface area contributed by atoms with Gasteiger partial charge in [0.15, 0.2) is 0 Å². The van der Waals surface area contributed by atoms with Gasteiger partial charge in [-0.3, -0.25) is 14.1 Å². The maximum absolute atomic E-state index is 12.7. The Morgan fingerprint density at radius 3 is 2.54 bits per heavy atom. The molecular weight excluding hydrogens is 487 g/mol. The molecule has 0 saturated heterocycles. The molecule has 26 heavy (non-hydrogen) atoms. The molecule has 0 fully saturated rings. The van der Waals surface area contributed by atoms with Gasteiger partial charge in [-0.15, -0.1) is 0 Å². The van der Waals surface area contributed by atoms with Crippen molar-refractivity contribution in [2.24, 2.45) is 0 Å². The molecule has 1 N–H and O–H groups in total. The zero-order valence-electron chi connectivity index (χ0n) is 14.3. The van der Waals surface area contributed by atoms with E-state index in [-0.39, 0.29) is 15.8 Å². The third-order valence-electron chi connectivity index (χ3n) is 3.82. The third-order valence-corrected chi connectivity index (χ3v) is 6.96. The number of methoxy groups -OCH3 is 1. The number of hydrogen-bond acceptors (Lipinski definition) is 5. The summed E-state index contributed by atoms with van der Waals surface area (Å²) in [5.41, 5.74) is 1.22. The highest BCUT2D eigenvalue weighted by Crippen LogP contribution is 2.27. The van der Waals surface area contributed by atoms with E-state index in [1.54, 1.807) is 34.9 Å². The molecule has 0 bridgehead atoms. The Balaban J connectivity index is 1.97. The number of sulfonamides is 1. The monoisotopic (exact) mass is 504 g/mol. The van der Waals surface area contributed by atoms with Gasteiger partial charge < -0.3 is 4.74 Å². The number of hydrogen-bond donors (Lipinski definition) is 1. The molecule has 0 unspecified atom stereocenters. The van der Waals surface area contributed by atoms with Crippen LogP contribution in [0.15, 0.2) is 46.1 Å². The number of rotatable bonds is 5. The molecule has 9 heteroatoms. The van der Waals surface area contributed by atoms with Crippen molar-refractivity contribution in [3.63, 3.8) is 0 Å². The second-order valence-electron chi connectivity index (χ2n) is 5.92. The van der Waals surface area contributed by atoms with Gasteiger partial charge in [-0.05, 0) is 72.8 Å². The van der Waals surface area contributed by atoms with Crippen molar-refractivity contribution in [1.29, 1.82) is 0 Å². The molecule has 0 aliphatic heterocycles. The number of fused-ring (bicyclic) bond motifs is 1. The maximum Gasteiger partial charge on any atom is 0.308 e. The molecule has 0 saturated carbocycles. The van der Waals surface area contributed by atoms with Crippen LogP contribution in [0.5, 0.6) is 5.75 Å². The molecule has 3 rings (SSSR count). The van der Waals surface area contributed by atoms with E-state index in [4.69, 9.17) is 4.74 Å². The average Bonchev–Trinajstić information content (AvgIpc) is 2.89. The molecule has 0 spiro atoms. The van der Waals surface area contributed by atoms with Gasteiger partial charge in [0, 0.05) is 6.04 Å². The topological polar surface area (TPSA) is 77.4 Å². The SMILES string of the molecule is COc1ccc(S(=O)(=O)Nc2ccc3c(c2)sc(=O)n3C(C)C)cc1I. The Morgan fingerprint density at radius 2 is 1.92 bits per heavy atom. The highest BCUT2D eigenvalue weighted by Gasteiger charge is 2.17. The lowest BCUT2D eigenvalue weighted by molar-refractivity contribution is 0.411. The fourth-order valence-electron chi connectivity index (χ4n) is 2.62. The summed E-state index contributed by atoms with van der Waals surface area (Å²) >= 11 is 3.13. The molecule has 0 atom stereocenters. The summed E-state index contributed by atoms with van der Waals surface area (Å²) in [5.74, 6) is 0.616. The lowest BCUT2D eigenvalue weighted by atomic mass is 10.3. The predicted molar refractivity (Wildman–Crippen MR) is 113 cm³/mol. The first-order valence-electron chi connectivity index (χ1n) is 7.74. The van der Waals surface area contributed by atoms with Crippen molar-refractivity contribution in [2.75, 3.05) is 11.8 Å². The second-order valence-corrected chi connectivity index (χ2v) is 9.75. The summed E-state index contributed by atoms with van der Waals surface area (Å²) in [6.07, 6.45) is 0. The molecular formula is C17H17IN2O4S2. The Kier molecular flexibility index (Phi) is 5.31. The number of nitrogens with one attached hydrogen (secondary N) is 1. The Morgan fingerprint density at radius 1 is 1.19 bits per heavy atom. The zero-order valence-corrected chi connectivity index (χ0v) is 18.1. The van der Waals surface area contributed by atoms with Gasteiger partial charge in [-0.1, -0.05) is 11.3 Å². The van der Waals surface area contributed by atoms with Gasteiger partial charge in [-0.25, -0.2) is 8.42 Å². The first-order valence-corrected chi connectivity index (χ1v) is 11.1. The summed E-state index contributed by atoms with van der Waals surface area (Å²) < 4.78 is 36.2. The quantitative estimate of drug-likeness (QED) is 0.532. The van der Waals surface area contributed by atoms with Gasteiger partial charge in [0.05, 0.1) is 31.5 Å². The van der Waals surface area contributed by atoms with Crippen molar-refractivity contribution in [1.82, 2.24) is 4.57 Å². The minimum Gasteiger partial charge on any atom is -0.496 e. The van der Waals surface area contributed by atoms with Gasteiger partial charge in [0.1, 0.15) is 5.75 Å². The van der Waals surface area contributed by atoms with Crippen molar-refractivity contribution in [2.45, 2.75) is 24.8 Å². The van der Waals surface area contributed by atoms with E-state index < -0.39 is 10.0 Å². The Hall–Kier alpha value is -1.59. The molecule has 3 aromatic rings. The van der Waals surface area contributed by atoms with Crippen LogP contribution in [0.4, 0.5) is 5.69 Å². The van der Waals surface area contributed by atoms with Gasteiger partial charge >= 0.3 is 4.87 Å². The largest absolute Gasteiger partial charge is 0.496 e. The van der Waals surface area contributed by atoms with Gasteiger partial charge in [0.2, 0.25) is 0 Å². The van der Waals surface area contributed by atoms with Crippen LogP contribution in [-0.2, 0) is 10.0 Å². The predicted octanol–water partition coefficient (Wildman–Crippen LogP) is 4.06. The second kappa shape index (κ2) is 7.20. The summed E-state index contributed by atoms with van der Waals surface area (Å²) in [4.78, 5) is 12.2. The van der Waals surface area contributed by atoms with Crippen LogP contribution in [0.2, 0.25) is 0 Å². The van der Waals surface area contributed by atoms with E-state index in [1.165, 1.54) is 13.2 Å². The zero-order chi connectivity index (χ0) is 19.1. The highest BCUT2D eigenvalue weighted by molar-refractivity contribution is 14.1. The number of halogens is 1. The van der Waals surface area contributed by atoms with Gasteiger partial charge in [-0.2, -0.15) is 0 Å². The van der Waals surface area contributed by atoms with Crippen molar-refractivity contribution in [3.8, 4) is 5.75 Å². The average molecular weight is 504 g/mol. The Labute approximate surface area is 169 Å². The number of nitrogens with zero attached hydrogens (tertiary/aromatic N) is 1. The van der Waals surface area contributed by atoms with E-state index in [9.17, 15) is 13.2 Å². The van der Waals surface area contributed by atoms with Crippen LogP contribution in [-0.4, -0.2) is 20.1 Å². The number of thiazole rings is 1. The first-order chi connectivity index (χ1) is 12.2. The molecule has 6 nitrogen and oxygen atoms in total. The molecule has 0 aliphatic carbocycles. The van der Waals surface area contributed by atoms with E-state index >= 15 is 0 Å². The molecule has 138 valence electrons. The summed E-state index contributed by atoms with van der Waals surface area (Å²) in [7, 11) is -2.20. The number of benzene rings is 2. The van der Waals surface area contributed by atoms with E-state index in [1.807, 2.05) is 36.4 Å².